The van der Waals surface area contributed by atoms with E-state index in [0.717, 1.165) is 31.6 Å². The molecule has 0 N–H and O–H groups in total. The van der Waals surface area contributed by atoms with Crippen molar-refractivity contribution in [1.29, 1.82) is 0 Å². The average Bonchev–Trinajstić information content (AvgIpc) is 3.49. The second-order valence-electron chi connectivity index (χ2n) is 6.92. The van der Waals surface area contributed by atoms with Crippen LogP contribution < -0.4 is 4.74 Å². The topological polar surface area (TPSA) is 21.8 Å². The van der Waals surface area contributed by atoms with Gasteiger partial charge in [0, 0.05) is 0 Å². The van der Waals surface area contributed by atoms with E-state index in [1.807, 2.05) is 12.1 Å². The normalized spacial score (nSPS) is 16.4. The van der Waals surface area contributed by atoms with Gasteiger partial charge in [0.2, 0.25) is 0 Å². The van der Waals surface area contributed by atoms with Gasteiger partial charge in [-0.15, -0.1) is 6.58 Å². The highest BCUT2D eigenvalue weighted by molar-refractivity contribution is 5.28. The van der Waals surface area contributed by atoms with Crippen LogP contribution in [0.15, 0.2) is 61.2 Å². The Morgan fingerprint density at radius 2 is 1.77 bits per heavy atom. The molecule has 1 heterocycles. The summed E-state index contributed by atoms with van der Waals surface area (Å²) in [6.07, 6.45) is 22.1. The summed E-state index contributed by atoms with van der Waals surface area (Å²) < 4.78 is 10.9. The molecule has 2 rings (SSSR count). The zero-order valence-corrected chi connectivity index (χ0v) is 16.1. The maximum Gasteiger partial charge on any atom is 0.119 e. The van der Waals surface area contributed by atoms with E-state index in [2.05, 4.69) is 49.1 Å². The van der Waals surface area contributed by atoms with Gasteiger partial charge in [-0.05, 0) is 56.2 Å². The third-order valence-electron chi connectivity index (χ3n) is 4.48. The maximum absolute atomic E-state index is 5.75. The highest BCUT2D eigenvalue weighted by Crippen LogP contribution is 2.18. The molecule has 1 unspecified atom stereocenters. The highest BCUT2D eigenvalue weighted by Gasteiger charge is 2.22. The van der Waals surface area contributed by atoms with Crippen molar-refractivity contribution in [3.63, 3.8) is 0 Å². The first kappa shape index (κ1) is 20.5. The van der Waals surface area contributed by atoms with Gasteiger partial charge in [0.15, 0.2) is 0 Å². The van der Waals surface area contributed by atoms with Gasteiger partial charge in [-0.1, -0.05) is 61.8 Å². The van der Waals surface area contributed by atoms with Gasteiger partial charge >= 0.3 is 0 Å². The first-order chi connectivity index (χ1) is 12.9. The molecule has 1 aromatic rings. The molecule has 1 aromatic carbocycles. The fraction of sp³-hybridized carbons (Fsp3) is 0.500. The standard InChI is InChI=1S/C24H34O2/c1-2-3-4-5-6-7-8-9-10-11-12-13-14-16-22-17-15-18-23(19-22)25-20-24-21-26-24/h2,4-5,7-8,15,17-19,24H,1,3,6,9-14,16,20-21H2. The van der Waals surface area contributed by atoms with Crippen molar-refractivity contribution in [2.75, 3.05) is 13.2 Å². The molecular formula is C24H34O2. The second-order valence-corrected chi connectivity index (χ2v) is 6.92. The van der Waals surface area contributed by atoms with Gasteiger partial charge in [-0.2, -0.15) is 0 Å². The number of allylic oxidation sites excluding steroid dienone is 5. The van der Waals surface area contributed by atoms with Gasteiger partial charge in [-0.3, -0.25) is 0 Å². The molecule has 1 atom stereocenters. The van der Waals surface area contributed by atoms with Crippen molar-refractivity contribution < 1.29 is 9.47 Å². The lowest BCUT2D eigenvalue weighted by molar-refractivity contribution is 0.263. The number of epoxide rings is 1. The van der Waals surface area contributed by atoms with Crippen molar-refractivity contribution in [3.05, 3.63) is 66.8 Å². The molecule has 0 spiro atoms. The average molecular weight is 355 g/mol. The fourth-order valence-corrected chi connectivity index (χ4v) is 2.85. The number of hydrogen-bond acceptors (Lipinski definition) is 2. The van der Waals surface area contributed by atoms with E-state index in [1.54, 1.807) is 0 Å². The summed E-state index contributed by atoms with van der Waals surface area (Å²) in [4.78, 5) is 0. The quantitative estimate of drug-likeness (QED) is 0.206. The Bertz CT molecular complexity index is 555. The molecule has 26 heavy (non-hydrogen) atoms. The molecule has 1 fully saturated rings. The van der Waals surface area contributed by atoms with E-state index in [9.17, 15) is 0 Å². The second kappa shape index (κ2) is 13.4. The number of benzene rings is 1. The SMILES string of the molecule is C=CCC=CCC=CCCCCCCCc1cccc(OCC2CO2)c1. The van der Waals surface area contributed by atoms with Crippen LogP contribution in [0.4, 0.5) is 0 Å². The fourth-order valence-electron chi connectivity index (χ4n) is 2.85. The van der Waals surface area contributed by atoms with Crippen LogP contribution in [0.25, 0.3) is 0 Å². The molecular weight excluding hydrogens is 320 g/mol. The highest BCUT2D eigenvalue weighted by atomic mass is 16.6. The molecule has 0 aromatic heterocycles. The number of ether oxygens (including phenoxy) is 2. The third-order valence-corrected chi connectivity index (χ3v) is 4.48. The van der Waals surface area contributed by atoms with Gasteiger partial charge in [-0.25, -0.2) is 0 Å². The number of aryl methyl sites for hydroxylation is 1. The Balaban J connectivity index is 1.44. The van der Waals surface area contributed by atoms with Crippen LogP contribution in [0.2, 0.25) is 0 Å². The predicted molar refractivity (Wildman–Crippen MR) is 111 cm³/mol. The van der Waals surface area contributed by atoms with E-state index in [4.69, 9.17) is 9.47 Å². The van der Waals surface area contributed by atoms with E-state index in [0.29, 0.717) is 12.7 Å². The van der Waals surface area contributed by atoms with Crippen LogP contribution in [0.5, 0.6) is 5.75 Å². The van der Waals surface area contributed by atoms with Gasteiger partial charge < -0.3 is 9.47 Å². The number of rotatable bonds is 15. The molecule has 2 heteroatoms. The zero-order chi connectivity index (χ0) is 18.3. The molecule has 0 aliphatic carbocycles. The van der Waals surface area contributed by atoms with E-state index < -0.39 is 0 Å². The van der Waals surface area contributed by atoms with Crippen molar-refractivity contribution >= 4 is 0 Å². The minimum atomic E-state index is 0.322. The van der Waals surface area contributed by atoms with Crippen LogP contribution in [0.1, 0.15) is 56.9 Å². The summed E-state index contributed by atoms with van der Waals surface area (Å²) in [5, 5.41) is 0. The molecule has 0 amide bonds. The Morgan fingerprint density at radius 3 is 2.62 bits per heavy atom. The molecule has 0 radical (unpaired) electrons. The summed E-state index contributed by atoms with van der Waals surface area (Å²) in [6.45, 7) is 5.24. The monoisotopic (exact) mass is 354 g/mol. The lowest BCUT2D eigenvalue weighted by Crippen LogP contribution is -2.04. The van der Waals surface area contributed by atoms with Crippen molar-refractivity contribution in [2.24, 2.45) is 0 Å². The van der Waals surface area contributed by atoms with Crippen molar-refractivity contribution in [3.8, 4) is 5.75 Å². The molecule has 1 saturated heterocycles. The molecule has 2 nitrogen and oxygen atoms in total. The van der Waals surface area contributed by atoms with E-state index in [-0.39, 0.29) is 0 Å². The first-order valence-corrected chi connectivity index (χ1v) is 10.1. The molecule has 0 bridgehead atoms. The summed E-state index contributed by atoms with van der Waals surface area (Å²) in [6, 6.07) is 8.51. The van der Waals surface area contributed by atoms with Crippen molar-refractivity contribution in [1.82, 2.24) is 0 Å². The zero-order valence-electron chi connectivity index (χ0n) is 16.1. The lowest BCUT2D eigenvalue weighted by atomic mass is 10.0. The Hall–Kier alpha value is -1.80. The van der Waals surface area contributed by atoms with Crippen LogP contribution in [-0.2, 0) is 11.2 Å². The number of hydrogen-bond donors (Lipinski definition) is 0. The summed E-state index contributed by atoms with van der Waals surface area (Å²) in [7, 11) is 0. The third kappa shape index (κ3) is 10.2. The van der Waals surface area contributed by atoms with Crippen LogP contribution in [0.3, 0.4) is 0 Å². The predicted octanol–water partition coefficient (Wildman–Crippen LogP) is 6.43. The molecule has 1 aliphatic rings. The number of unbranched alkanes of at least 4 members (excludes halogenated alkanes) is 5. The Kier molecular flexibility index (Phi) is 10.6. The van der Waals surface area contributed by atoms with Gasteiger partial charge in [0.1, 0.15) is 18.5 Å². The van der Waals surface area contributed by atoms with Crippen molar-refractivity contribution in [2.45, 2.75) is 63.9 Å². The smallest absolute Gasteiger partial charge is 0.119 e. The summed E-state index contributed by atoms with van der Waals surface area (Å²) in [5.41, 5.74) is 1.38. The van der Waals surface area contributed by atoms with Crippen LogP contribution in [-0.4, -0.2) is 19.3 Å². The molecule has 1 aliphatic heterocycles. The summed E-state index contributed by atoms with van der Waals surface area (Å²) >= 11 is 0. The summed E-state index contributed by atoms with van der Waals surface area (Å²) in [5.74, 6) is 0.976. The minimum absolute atomic E-state index is 0.322. The van der Waals surface area contributed by atoms with E-state index >= 15 is 0 Å². The largest absolute Gasteiger partial charge is 0.491 e. The van der Waals surface area contributed by atoms with Crippen LogP contribution in [0, 0.1) is 0 Å². The maximum atomic E-state index is 5.75. The Morgan fingerprint density at radius 1 is 1.00 bits per heavy atom. The molecule has 0 saturated carbocycles. The molecule has 142 valence electrons. The first-order valence-electron chi connectivity index (χ1n) is 10.1. The van der Waals surface area contributed by atoms with E-state index in [1.165, 1.54) is 44.1 Å². The van der Waals surface area contributed by atoms with Gasteiger partial charge in [0.05, 0.1) is 6.61 Å². The lowest BCUT2D eigenvalue weighted by Gasteiger charge is -2.07. The van der Waals surface area contributed by atoms with Gasteiger partial charge in [0.25, 0.3) is 0 Å². The van der Waals surface area contributed by atoms with Crippen LogP contribution >= 0.6 is 0 Å². The Labute approximate surface area is 159 Å². The minimum Gasteiger partial charge on any atom is -0.491 e.